The number of rotatable bonds is 4. The zero-order valence-corrected chi connectivity index (χ0v) is 11.9. The first-order valence-corrected chi connectivity index (χ1v) is 7.37. The molecule has 102 valence electrons. The minimum absolute atomic E-state index is 0.0168. The Labute approximate surface area is 124 Å². The van der Waals surface area contributed by atoms with Crippen molar-refractivity contribution in [3.63, 3.8) is 0 Å². The van der Waals surface area contributed by atoms with Gasteiger partial charge in [0.15, 0.2) is 0 Å². The lowest BCUT2D eigenvalue weighted by Gasteiger charge is -2.25. The van der Waals surface area contributed by atoms with Crippen molar-refractivity contribution in [3.05, 3.63) is 71.3 Å². The Morgan fingerprint density at radius 3 is 2.45 bits per heavy atom. The highest BCUT2D eigenvalue weighted by Gasteiger charge is 2.36. The molecule has 2 aromatic rings. The van der Waals surface area contributed by atoms with Gasteiger partial charge in [0.05, 0.1) is 6.04 Å². The summed E-state index contributed by atoms with van der Waals surface area (Å²) >= 11 is 5.79. The highest BCUT2D eigenvalue weighted by Crippen LogP contribution is 2.38. The molecule has 0 saturated carbocycles. The number of hydrogen-bond donors (Lipinski definition) is 0. The van der Waals surface area contributed by atoms with Crippen LogP contribution >= 0.6 is 11.6 Å². The van der Waals surface area contributed by atoms with Gasteiger partial charge in [-0.15, -0.1) is 11.6 Å². The molecule has 20 heavy (non-hydrogen) atoms. The SMILES string of the molecule is O=C1c2ccccc2C(c2ccccc2)N1CCCCl. The molecule has 0 aliphatic carbocycles. The van der Waals surface area contributed by atoms with Crippen LogP contribution < -0.4 is 0 Å². The summed E-state index contributed by atoms with van der Waals surface area (Å²) in [7, 11) is 0. The van der Waals surface area contributed by atoms with Crippen molar-refractivity contribution in [3.8, 4) is 0 Å². The summed E-state index contributed by atoms with van der Waals surface area (Å²) < 4.78 is 0. The van der Waals surface area contributed by atoms with E-state index in [1.165, 1.54) is 0 Å². The predicted octanol–water partition coefficient (Wildman–Crippen LogP) is 3.86. The summed E-state index contributed by atoms with van der Waals surface area (Å²) in [5, 5.41) is 0. The maximum atomic E-state index is 12.6. The molecular weight excluding hydrogens is 270 g/mol. The van der Waals surface area contributed by atoms with Crippen LogP contribution in [0.5, 0.6) is 0 Å². The van der Waals surface area contributed by atoms with Crippen LogP contribution in [0.3, 0.4) is 0 Å². The lowest BCUT2D eigenvalue weighted by atomic mass is 9.98. The molecule has 1 aliphatic heterocycles. The van der Waals surface area contributed by atoms with Crippen molar-refractivity contribution in [2.75, 3.05) is 12.4 Å². The van der Waals surface area contributed by atoms with Crippen LogP contribution in [0, 0.1) is 0 Å². The second-order valence-corrected chi connectivity index (χ2v) is 5.32. The van der Waals surface area contributed by atoms with Crippen molar-refractivity contribution >= 4 is 17.5 Å². The fourth-order valence-corrected chi connectivity index (χ4v) is 2.95. The van der Waals surface area contributed by atoms with Crippen LogP contribution in [-0.4, -0.2) is 23.2 Å². The van der Waals surface area contributed by atoms with E-state index in [4.69, 9.17) is 11.6 Å². The first-order valence-electron chi connectivity index (χ1n) is 6.83. The van der Waals surface area contributed by atoms with Crippen molar-refractivity contribution in [1.29, 1.82) is 0 Å². The van der Waals surface area contributed by atoms with Crippen LogP contribution in [0.25, 0.3) is 0 Å². The molecule has 1 unspecified atom stereocenters. The van der Waals surface area contributed by atoms with E-state index in [-0.39, 0.29) is 11.9 Å². The van der Waals surface area contributed by atoms with E-state index in [9.17, 15) is 4.79 Å². The summed E-state index contributed by atoms with van der Waals surface area (Å²) in [4.78, 5) is 14.5. The minimum Gasteiger partial charge on any atom is -0.327 e. The molecule has 0 aromatic heterocycles. The average Bonchev–Trinajstić information content (AvgIpc) is 2.79. The highest BCUT2D eigenvalue weighted by atomic mass is 35.5. The Bertz CT molecular complexity index is 611. The van der Waals surface area contributed by atoms with Gasteiger partial charge in [0.25, 0.3) is 5.91 Å². The molecule has 3 heteroatoms. The van der Waals surface area contributed by atoms with Gasteiger partial charge in [-0.25, -0.2) is 0 Å². The number of carbonyl (C=O) groups excluding carboxylic acids is 1. The fourth-order valence-electron chi connectivity index (χ4n) is 2.83. The fraction of sp³-hybridized carbons (Fsp3) is 0.235. The number of fused-ring (bicyclic) bond motifs is 1. The zero-order valence-electron chi connectivity index (χ0n) is 11.1. The average molecular weight is 286 g/mol. The topological polar surface area (TPSA) is 20.3 Å². The van der Waals surface area contributed by atoms with E-state index >= 15 is 0 Å². The molecular formula is C17H16ClNO. The summed E-state index contributed by atoms with van der Waals surface area (Å²) in [5.74, 6) is 0.682. The van der Waals surface area contributed by atoms with E-state index < -0.39 is 0 Å². The normalized spacial score (nSPS) is 17.4. The number of nitrogens with zero attached hydrogens (tertiary/aromatic N) is 1. The smallest absolute Gasteiger partial charge is 0.255 e. The molecule has 1 amide bonds. The number of alkyl halides is 1. The molecule has 2 nitrogen and oxygen atoms in total. The monoisotopic (exact) mass is 285 g/mol. The second kappa shape index (κ2) is 5.68. The quantitative estimate of drug-likeness (QED) is 0.781. The highest BCUT2D eigenvalue weighted by molar-refractivity contribution is 6.17. The Kier molecular flexibility index (Phi) is 3.75. The molecule has 0 radical (unpaired) electrons. The second-order valence-electron chi connectivity index (χ2n) is 4.94. The van der Waals surface area contributed by atoms with Crippen molar-refractivity contribution < 1.29 is 4.79 Å². The van der Waals surface area contributed by atoms with E-state index in [2.05, 4.69) is 12.1 Å². The van der Waals surface area contributed by atoms with Gasteiger partial charge in [0.1, 0.15) is 0 Å². The molecule has 1 aliphatic rings. The standard InChI is InChI=1S/C17H16ClNO/c18-11-6-12-19-16(13-7-2-1-3-8-13)14-9-4-5-10-15(14)17(19)20/h1-5,7-10,16H,6,11-12H2. The van der Waals surface area contributed by atoms with E-state index in [1.807, 2.05) is 47.4 Å². The molecule has 3 rings (SSSR count). The summed E-state index contributed by atoms with van der Waals surface area (Å²) in [5.41, 5.74) is 3.06. The van der Waals surface area contributed by atoms with Gasteiger partial charge in [0.2, 0.25) is 0 Å². The number of benzene rings is 2. The summed E-state index contributed by atoms with van der Waals surface area (Å²) in [6.45, 7) is 0.691. The predicted molar refractivity (Wildman–Crippen MR) is 81.1 cm³/mol. The van der Waals surface area contributed by atoms with Crippen molar-refractivity contribution in [2.45, 2.75) is 12.5 Å². The maximum Gasteiger partial charge on any atom is 0.255 e. The van der Waals surface area contributed by atoms with Gasteiger partial charge in [0, 0.05) is 18.0 Å². The molecule has 1 heterocycles. The number of carbonyl (C=O) groups is 1. The molecule has 0 bridgehead atoms. The van der Waals surface area contributed by atoms with Gasteiger partial charge < -0.3 is 4.90 Å². The van der Waals surface area contributed by atoms with Crippen LogP contribution in [0.4, 0.5) is 0 Å². The van der Waals surface area contributed by atoms with Crippen LogP contribution in [0.2, 0.25) is 0 Å². The van der Waals surface area contributed by atoms with Gasteiger partial charge in [-0.3, -0.25) is 4.79 Å². The van der Waals surface area contributed by atoms with Crippen LogP contribution in [-0.2, 0) is 0 Å². The first-order chi connectivity index (χ1) is 9.83. The zero-order chi connectivity index (χ0) is 13.9. The number of halogens is 1. The largest absolute Gasteiger partial charge is 0.327 e. The molecule has 0 saturated heterocycles. The Morgan fingerprint density at radius 2 is 1.70 bits per heavy atom. The van der Waals surface area contributed by atoms with E-state index in [0.29, 0.717) is 12.4 Å². The Balaban J connectivity index is 2.05. The van der Waals surface area contributed by atoms with Crippen LogP contribution in [0.1, 0.15) is 33.9 Å². The van der Waals surface area contributed by atoms with Crippen LogP contribution in [0.15, 0.2) is 54.6 Å². The molecule has 0 spiro atoms. The number of hydrogen-bond acceptors (Lipinski definition) is 1. The van der Waals surface area contributed by atoms with Crippen molar-refractivity contribution in [2.24, 2.45) is 0 Å². The number of amides is 1. The lowest BCUT2D eigenvalue weighted by Crippen LogP contribution is -2.30. The Morgan fingerprint density at radius 1 is 1.00 bits per heavy atom. The third-order valence-electron chi connectivity index (χ3n) is 3.71. The van der Waals surface area contributed by atoms with Gasteiger partial charge in [-0.05, 0) is 23.6 Å². The third kappa shape index (κ3) is 2.20. The maximum absolute atomic E-state index is 12.6. The molecule has 0 N–H and O–H groups in total. The molecule has 0 fully saturated rings. The minimum atomic E-state index is 0.0168. The molecule has 2 aromatic carbocycles. The summed E-state index contributed by atoms with van der Waals surface area (Å²) in [6.07, 6.45) is 0.810. The lowest BCUT2D eigenvalue weighted by molar-refractivity contribution is 0.0750. The first kappa shape index (κ1) is 13.2. The van der Waals surface area contributed by atoms with Gasteiger partial charge in [-0.1, -0.05) is 48.5 Å². The molecule has 1 atom stereocenters. The van der Waals surface area contributed by atoms with Gasteiger partial charge in [-0.2, -0.15) is 0 Å². The van der Waals surface area contributed by atoms with E-state index in [1.54, 1.807) is 0 Å². The third-order valence-corrected chi connectivity index (χ3v) is 3.97. The summed E-state index contributed by atoms with van der Waals surface area (Å²) in [6, 6.07) is 18.1. The Hall–Kier alpha value is -1.80. The van der Waals surface area contributed by atoms with Gasteiger partial charge >= 0.3 is 0 Å². The van der Waals surface area contributed by atoms with Crippen molar-refractivity contribution in [1.82, 2.24) is 4.90 Å². The van der Waals surface area contributed by atoms with E-state index in [0.717, 1.165) is 23.1 Å².